The number of halogens is 5. The van der Waals surface area contributed by atoms with E-state index in [-0.39, 0.29) is 5.82 Å². The summed E-state index contributed by atoms with van der Waals surface area (Å²) in [6.45, 7) is 11.8. The van der Waals surface area contributed by atoms with E-state index in [1.165, 1.54) is 29.3 Å². The van der Waals surface area contributed by atoms with Crippen LogP contribution in [0.1, 0.15) is 72.2 Å². The van der Waals surface area contributed by atoms with Gasteiger partial charge in [0, 0.05) is 21.9 Å². The lowest BCUT2D eigenvalue weighted by Gasteiger charge is -2.14. The Hall–Kier alpha value is -2.93. The molecule has 0 fully saturated rings. The summed E-state index contributed by atoms with van der Waals surface area (Å²) in [7, 11) is 0. The molecule has 38 heavy (non-hydrogen) atoms. The number of hydrogen-bond donors (Lipinski definition) is 0. The maximum atomic E-state index is 14.2. The number of aryl methyl sites for hydroxylation is 3. The largest absolute Gasteiger partial charge is 0.494 e. The van der Waals surface area contributed by atoms with E-state index >= 15 is 0 Å². The summed E-state index contributed by atoms with van der Waals surface area (Å²) in [6, 6.07) is 11.2. The normalized spacial score (nSPS) is 13.3. The van der Waals surface area contributed by atoms with Crippen LogP contribution >= 0.6 is 15.9 Å². The van der Waals surface area contributed by atoms with Crippen molar-refractivity contribution in [2.24, 2.45) is 0 Å². The second kappa shape index (κ2) is 12.7. The highest BCUT2D eigenvalue weighted by Gasteiger charge is 2.30. The highest BCUT2D eigenvalue weighted by Crippen LogP contribution is 2.41. The first-order valence-corrected chi connectivity index (χ1v) is 13.4. The maximum absolute atomic E-state index is 14.2. The van der Waals surface area contributed by atoms with Gasteiger partial charge in [-0.05, 0) is 121 Å². The molecule has 1 aromatic heterocycles. The summed E-state index contributed by atoms with van der Waals surface area (Å²) >= 11 is 3.51. The number of aromatic nitrogens is 1. The average molecular weight is 590 g/mol. The fraction of sp³-hybridized carbons (Fsp3) is 0.323. The zero-order chi connectivity index (χ0) is 28.0. The SMILES string of the molecule is C=C(OCC)c1cc(C2=C(c3cc(Br)cnc3C)CCC2)ccc1F.CCc1ccc(C(F)(F)F)cc1C. The summed E-state index contributed by atoms with van der Waals surface area (Å²) < 4.78 is 57.2. The molecule has 0 saturated carbocycles. The fourth-order valence-electron chi connectivity index (χ4n) is 4.62. The Morgan fingerprint density at radius 2 is 1.74 bits per heavy atom. The number of allylic oxidation sites excluding steroid dienone is 2. The number of pyridine rings is 1. The molecule has 4 rings (SSSR count). The Bertz CT molecular complexity index is 1340. The van der Waals surface area contributed by atoms with E-state index in [9.17, 15) is 17.6 Å². The van der Waals surface area contributed by atoms with Crippen LogP contribution in [0, 0.1) is 19.7 Å². The molecule has 0 aliphatic heterocycles. The van der Waals surface area contributed by atoms with Crippen LogP contribution in [-0.2, 0) is 17.3 Å². The van der Waals surface area contributed by atoms with Crippen molar-refractivity contribution in [3.8, 4) is 0 Å². The number of benzene rings is 2. The quantitative estimate of drug-likeness (QED) is 0.211. The van der Waals surface area contributed by atoms with Gasteiger partial charge < -0.3 is 4.74 Å². The minimum Gasteiger partial charge on any atom is -0.494 e. The van der Waals surface area contributed by atoms with Crippen molar-refractivity contribution < 1.29 is 22.3 Å². The van der Waals surface area contributed by atoms with E-state index in [1.807, 2.05) is 39.1 Å². The van der Waals surface area contributed by atoms with Gasteiger partial charge in [-0.3, -0.25) is 4.98 Å². The minimum absolute atomic E-state index is 0.303. The number of hydrogen-bond acceptors (Lipinski definition) is 2. The van der Waals surface area contributed by atoms with Crippen LogP contribution in [0.15, 0.2) is 59.7 Å². The summed E-state index contributed by atoms with van der Waals surface area (Å²) in [5, 5.41) is 0. The molecule has 2 aromatic carbocycles. The monoisotopic (exact) mass is 589 g/mol. The van der Waals surface area contributed by atoms with Gasteiger partial charge in [-0.2, -0.15) is 13.2 Å². The zero-order valence-electron chi connectivity index (χ0n) is 22.1. The molecule has 1 heterocycles. The summed E-state index contributed by atoms with van der Waals surface area (Å²) in [6.07, 6.45) is 1.44. The van der Waals surface area contributed by atoms with Gasteiger partial charge in [0.15, 0.2) is 0 Å². The Kier molecular flexibility index (Phi) is 9.94. The lowest BCUT2D eigenvalue weighted by atomic mass is 9.95. The van der Waals surface area contributed by atoms with Crippen molar-refractivity contribution in [1.29, 1.82) is 0 Å². The van der Waals surface area contributed by atoms with Gasteiger partial charge in [0.2, 0.25) is 0 Å². The second-order valence-corrected chi connectivity index (χ2v) is 10.1. The third-order valence-corrected chi connectivity index (χ3v) is 7.01. The Morgan fingerprint density at radius 1 is 1.03 bits per heavy atom. The van der Waals surface area contributed by atoms with E-state index in [0.29, 0.717) is 23.5 Å². The smallest absolute Gasteiger partial charge is 0.416 e. The predicted molar refractivity (Wildman–Crippen MR) is 150 cm³/mol. The minimum atomic E-state index is -4.23. The average Bonchev–Trinajstić information content (AvgIpc) is 3.35. The molecular formula is C31H32BrF4NO. The van der Waals surface area contributed by atoms with Crippen molar-refractivity contribution >= 4 is 32.8 Å². The van der Waals surface area contributed by atoms with Crippen LogP contribution in [0.25, 0.3) is 16.9 Å². The van der Waals surface area contributed by atoms with E-state index in [1.54, 1.807) is 6.92 Å². The summed E-state index contributed by atoms with van der Waals surface area (Å²) in [5.74, 6) is 0.0740. The van der Waals surface area contributed by atoms with Crippen LogP contribution < -0.4 is 0 Å². The predicted octanol–water partition coefficient (Wildman–Crippen LogP) is 9.97. The first kappa shape index (κ1) is 29.6. The van der Waals surface area contributed by atoms with Crippen LogP contribution in [0.5, 0.6) is 0 Å². The molecule has 3 aromatic rings. The molecule has 0 bridgehead atoms. The number of nitrogens with zero attached hydrogens (tertiary/aromatic N) is 1. The summed E-state index contributed by atoms with van der Waals surface area (Å²) in [5.41, 5.74) is 7.30. The fourth-order valence-corrected chi connectivity index (χ4v) is 4.95. The molecule has 2 nitrogen and oxygen atoms in total. The molecule has 1 aliphatic rings. The van der Waals surface area contributed by atoms with Gasteiger partial charge >= 0.3 is 6.18 Å². The van der Waals surface area contributed by atoms with Gasteiger partial charge in [-0.15, -0.1) is 0 Å². The van der Waals surface area contributed by atoms with Gasteiger partial charge in [-0.25, -0.2) is 4.39 Å². The molecular weight excluding hydrogens is 558 g/mol. The van der Waals surface area contributed by atoms with Crippen LogP contribution in [-0.4, -0.2) is 11.6 Å². The van der Waals surface area contributed by atoms with Crippen LogP contribution in [0.4, 0.5) is 17.6 Å². The standard InChI is InChI=1S/C21H21BrFNO.C10H11F3/c1-4-25-14(3)20-10-15(8-9-21(20)23)17-6-5-7-18(17)19-11-16(22)12-24-13(19)2;1-3-8-4-5-9(6-7(8)2)10(11,12)13/h8-12H,3-7H2,1-2H3;4-6H,3H2,1-2H3. The van der Waals surface area contributed by atoms with Gasteiger partial charge in [0.05, 0.1) is 17.7 Å². The van der Waals surface area contributed by atoms with E-state index in [2.05, 4.69) is 33.6 Å². The van der Waals surface area contributed by atoms with Gasteiger partial charge in [0.25, 0.3) is 0 Å². The highest BCUT2D eigenvalue weighted by atomic mass is 79.9. The van der Waals surface area contributed by atoms with Crippen LogP contribution in [0.3, 0.4) is 0 Å². The van der Waals surface area contributed by atoms with E-state index in [0.717, 1.165) is 58.6 Å². The lowest BCUT2D eigenvalue weighted by Crippen LogP contribution is -2.05. The van der Waals surface area contributed by atoms with E-state index < -0.39 is 11.7 Å². The maximum Gasteiger partial charge on any atom is 0.416 e. The van der Waals surface area contributed by atoms with Crippen LogP contribution in [0.2, 0.25) is 0 Å². The van der Waals surface area contributed by atoms with Gasteiger partial charge in [0.1, 0.15) is 11.6 Å². The molecule has 202 valence electrons. The molecule has 0 atom stereocenters. The molecule has 1 aliphatic carbocycles. The molecule has 0 radical (unpaired) electrons. The molecule has 0 spiro atoms. The zero-order valence-corrected chi connectivity index (χ0v) is 23.7. The summed E-state index contributed by atoms with van der Waals surface area (Å²) in [4.78, 5) is 4.46. The Balaban J connectivity index is 0.000000260. The topological polar surface area (TPSA) is 22.1 Å². The first-order chi connectivity index (χ1) is 18.0. The third-order valence-electron chi connectivity index (χ3n) is 6.58. The molecule has 0 saturated heterocycles. The van der Waals surface area contributed by atoms with Gasteiger partial charge in [-0.1, -0.05) is 25.6 Å². The molecule has 0 amide bonds. The van der Waals surface area contributed by atoms with Crippen molar-refractivity contribution in [3.05, 3.63) is 105 Å². The number of alkyl halides is 3. The Morgan fingerprint density at radius 3 is 2.37 bits per heavy atom. The third kappa shape index (κ3) is 7.13. The first-order valence-electron chi connectivity index (χ1n) is 12.6. The molecule has 7 heteroatoms. The van der Waals surface area contributed by atoms with Crippen molar-refractivity contribution in [1.82, 2.24) is 4.98 Å². The van der Waals surface area contributed by atoms with Crippen molar-refractivity contribution in [2.75, 3.05) is 6.61 Å². The number of ether oxygens (including phenoxy) is 1. The Labute approximate surface area is 230 Å². The second-order valence-electron chi connectivity index (χ2n) is 9.14. The van der Waals surface area contributed by atoms with Crippen molar-refractivity contribution in [3.63, 3.8) is 0 Å². The number of rotatable bonds is 6. The van der Waals surface area contributed by atoms with E-state index in [4.69, 9.17) is 4.74 Å². The lowest BCUT2D eigenvalue weighted by molar-refractivity contribution is -0.137. The highest BCUT2D eigenvalue weighted by molar-refractivity contribution is 9.10. The molecule has 0 N–H and O–H groups in total. The molecule has 0 unspecified atom stereocenters. The van der Waals surface area contributed by atoms with Crippen molar-refractivity contribution in [2.45, 2.75) is 59.6 Å².